The molecule has 0 fully saturated rings. The van der Waals surface area contributed by atoms with E-state index in [9.17, 15) is 0 Å². The molecule has 2 rings (SSSR count). The van der Waals surface area contributed by atoms with Gasteiger partial charge in [-0.05, 0) is 68.4 Å². The number of hydrazone groups is 1. The number of hydrogen-bond donors (Lipinski definition) is 2. The highest BCUT2D eigenvalue weighted by Gasteiger charge is 2.06. The quantitative estimate of drug-likeness (QED) is 0.438. The van der Waals surface area contributed by atoms with Crippen LogP contribution in [0.2, 0.25) is 10.0 Å². The van der Waals surface area contributed by atoms with Gasteiger partial charge in [0.15, 0.2) is 5.11 Å². The van der Waals surface area contributed by atoms with Crippen LogP contribution in [0.4, 0.5) is 5.69 Å². The van der Waals surface area contributed by atoms with Crippen LogP contribution in [0.15, 0.2) is 41.5 Å². The third kappa shape index (κ3) is 4.67. The fourth-order valence-electron chi connectivity index (χ4n) is 2.01. The summed E-state index contributed by atoms with van der Waals surface area (Å²) in [5, 5.41) is 9.01. The van der Waals surface area contributed by atoms with Gasteiger partial charge in [0, 0.05) is 21.3 Å². The van der Waals surface area contributed by atoms with Crippen LogP contribution in [-0.2, 0) is 0 Å². The number of benzene rings is 2. The molecule has 0 aliphatic rings. The zero-order valence-corrected chi connectivity index (χ0v) is 15.4. The summed E-state index contributed by atoms with van der Waals surface area (Å²) in [7, 11) is 0. The molecular weight excluding hydrogens is 349 g/mol. The minimum Gasteiger partial charge on any atom is -0.331 e. The first kappa shape index (κ1) is 17.7. The molecule has 3 nitrogen and oxygen atoms in total. The Kier molecular flexibility index (Phi) is 5.99. The van der Waals surface area contributed by atoms with Crippen molar-refractivity contribution in [3.63, 3.8) is 0 Å². The van der Waals surface area contributed by atoms with E-state index in [1.165, 1.54) is 5.56 Å². The second-order valence-corrected chi connectivity index (χ2v) is 6.39. The van der Waals surface area contributed by atoms with E-state index in [-0.39, 0.29) is 0 Å². The molecule has 2 N–H and O–H groups in total. The average molecular weight is 366 g/mol. The summed E-state index contributed by atoms with van der Waals surface area (Å²) in [5.74, 6) is 0. The Morgan fingerprint density at radius 2 is 1.87 bits per heavy atom. The summed E-state index contributed by atoms with van der Waals surface area (Å²) in [4.78, 5) is 0. The lowest BCUT2D eigenvalue weighted by Crippen LogP contribution is -2.25. The van der Waals surface area contributed by atoms with E-state index < -0.39 is 0 Å². The first-order chi connectivity index (χ1) is 10.9. The maximum atomic E-state index is 6.16. The molecule has 23 heavy (non-hydrogen) atoms. The van der Waals surface area contributed by atoms with Crippen LogP contribution in [0.5, 0.6) is 0 Å². The molecule has 0 saturated carbocycles. The van der Waals surface area contributed by atoms with Crippen LogP contribution in [0.3, 0.4) is 0 Å². The SMILES string of the molecule is C/C(=N/NC(=S)Nc1cccc(C)c1C)c1cc(Cl)ccc1Cl. The molecular formula is C17H17Cl2N3S. The normalized spacial score (nSPS) is 11.3. The Morgan fingerprint density at radius 3 is 2.61 bits per heavy atom. The summed E-state index contributed by atoms with van der Waals surface area (Å²) >= 11 is 17.4. The number of anilines is 1. The van der Waals surface area contributed by atoms with E-state index >= 15 is 0 Å². The number of hydrogen-bond acceptors (Lipinski definition) is 2. The van der Waals surface area contributed by atoms with Crippen LogP contribution in [0.25, 0.3) is 0 Å². The number of rotatable bonds is 3. The summed E-state index contributed by atoms with van der Waals surface area (Å²) < 4.78 is 0. The molecule has 0 radical (unpaired) electrons. The van der Waals surface area contributed by atoms with E-state index in [4.69, 9.17) is 35.4 Å². The number of nitrogens with zero attached hydrogens (tertiary/aromatic N) is 1. The van der Waals surface area contributed by atoms with Gasteiger partial charge in [-0.25, -0.2) is 0 Å². The molecule has 0 atom stereocenters. The summed E-state index contributed by atoms with van der Waals surface area (Å²) in [5.41, 5.74) is 7.59. The monoisotopic (exact) mass is 365 g/mol. The molecule has 0 saturated heterocycles. The minimum absolute atomic E-state index is 0.413. The van der Waals surface area contributed by atoms with Gasteiger partial charge in [-0.15, -0.1) is 0 Å². The zero-order chi connectivity index (χ0) is 17.0. The Labute approximate surface area is 151 Å². The van der Waals surface area contributed by atoms with Gasteiger partial charge in [-0.2, -0.15) is 5.10 Å². The second-order valence-electron chi connectivity index (χ2n) is 5.13. The third-order valence-electron chi connectivity index (χ3n) is 3.50. The van der Waals surface area contributed by atoms with Crippen molar-refractivity contribution < 1.29 is 0 Å². The smallest absolute Gasteiger partial charge is 0.191 e. The Hall–Kier alpha value is -1.62. The predicted octanol–water partition coefficient (Wildman–Crippen LogP) is 5.32. The van der Waals surface area contributed by atoms with Crippen molar-refractivity contribution in [2.24, 2.45) is 5.10 Å². The summed E-state index contributed by atoms with van der Waals surface area (Å²) in [6, 6.07) is 11.3. The molecule has 6 heteroatoms. The van der Waals surface area contributed by atoms with Crippen molar-refractivity contribution in [3.8, 4) is 0 Å². The highest BCUT2D eigenvalue weighted by Crippen LogP contribution is 2.21. The van der Waals surface area contributed by atoms with Crippen molar-refractivity contribution in [3.05, 3.63) is 63.1 Å². The van der Waals surface area contributed by atoms with Crippen LogP contribution < -0.4 is 10.7 Å². The molecule has 2 aromatic carbocycles. The molecule has 0 bridgehead atoms. The molecule has 0 spiro atoms. The van der Waals surface area contributed by atoms with E-state index in [0.717, 1.165) is 16.8 Å². The molecule has 0 aromatic heterocycles. The standard InChI is InChI=1S/C17H17Cl2N3S/c1-10-5-4-6-16(11(10)2)20-17(23)22-21-12(3)14-9-13(18)7-8-15(14)19/h4-9H,1-3H3,(H2,20,22,23)/b21-12-. The van der Waals surface area contributed by atoms with Gasteiger partial charge in [0.25, 0.3) is 0 Å². The highest BCUT2D eigenvalue weighted by molar-refractivity contribution is 7.80. The Bertz CT molecular complexity index is 772. The fourth-order valence-corrected chi connectivity index (χ4v) is 2.59. The molecule has 0 heterocycles. The number of nitrogens with one attached hydrogen (secondary N) is 2. The largest absolute Gasteiger partial charge is 0.331 e. The molecule has 0 amide bonds. The van der Waals surface area contributed by atoms with Gasteiger partial charge >= 0.3 is 0 Å². The van der Waals surface area contributed by atoms with E-state index in [0.29, 0.717) is 20.9 Å². The summed E-state index contributed by atoms with van der Waals surface area (Å²) in [6.45, 7) is 5.94. The molecule has 0 aliphatic carbocycles. The van der Waals surface area contributed by atoms with Gasteiger partial charge in [0.05, 0.1) is 5.71 Å². The predicted molar refractivity (Wildman–Crippen MR) is 104 cm³/mol. The van der Waals surface area contributed by atoms with Crippen molar-refractivity contribution in [2.75, 3.05) is 5.32 Å². The maximum Gasteiger partial charge on any atom is 0.191 e. The van der Waals surface area contributed by atoms with Crippen molar-refractivity contribution >= 4 is 51.9 Å². The van der Waals surface area contributed by atoms with Gasteiger partial charge in [0.1, 0.15) is 0 Å². The number of thiocarbonyl (C=S) groups is 1. The molecule has 0 aliphatic heterocycles. The van der Waals surface area contributed by atoms with Crippen molar-refractivity contribution in [2.45, 2.75) is 20.8 Å². The van der Waals surface area contributed by atoms with Crippen molar-refractivity contribution in [1.82, 2.24) is 5.43 Å². The molecule has 2 aromatic rings. The Morgan fingerprint density at radius 1 is 1.13 bits per heavy atom. The lowest BCUT2D eigenvalue weighted by Gasteiger charge is -2.12. The van der Waals surface area contributed by atoms with Crippen molar-refractivity contribution in [1.29, 1.82) is 0 Å². The van der Waals surface area contributed by atoms with Gasteiger partial charge < -0.3 is 5.32 Å². The van der Waals surface area contributed by atoms with E-state index in [2.05, 4.69) is 28.8 Å². The van der Waals surface area contributed by atoms with E-state index in [1.54, 1.807) is 18.2 Å². The molecule has 0 unspecified atom stereocenters. The second kappa shape index (κ2) is 7.77. The first-order valence-corrected chi connectivity index (χ1v) is 8.18. The summed E-state index contributed by atoms with van der Waals surface area (Å²) in [6.07, 6.45) is 0. The van der Waals surface area contributed by atoms with E-state index in [1.807, 2.05) is 26.0 Å². The van der Waals surface area contributed by atoms with Gasteiger partial charge in [-0.3, -0.25) is 5.43 Å². The lowest BCUT2D eigenvalue weighted by atomic mass is 10.1. The zero-order valence-electron chi connectivity index (χ0n) is 13.1. The van der Waals surface area contributed by atoms with Crippen LogP contribution >= 0.6 is 35.4 Å². The number of aryl methyl sites for hydroxylation is 1. The lowest BCUT2D eigenvalue weighted by molar-refractivity contribution is 1.04. The average Bonchev–Trinajstić information content (AvgIpc) is 2.52. The minimum atomic E-state index is 0.413. The van der Waals surface area contributed by atoms with Crippen LogP contribution in [0.1, 0.15) is 23.6 Å². The first-order valence-electron chi connectivity index (χ1n) is 7.01. The fraction of sp³-hybridized carbons (Fsp3) is 0.176. The third-order valence-corrected chi connectivity index (χ3v) is 4.25. The molecule has 120 valence electrons. The van der Waals surface area contributed by atoms with Crippen LogP contribution in [-0.4, -0.2) is 10.8 Å². The Balaban J connectivity index is 2.08. The maximum absolute atomic E-state index is 6.16. The topological polar surface area (TPSA) is 36.4 Å². The number of halogens is 2. The van der Waals surface area contributed by atoms with Crippen LogP contribution in [0, 0.1) is 13.8 Å². The highest BCUT2D eigenvalue weighted by atomic mass is 35.5. The van der Waals surface area contributed by atoms with Gasteiger partial charge in [0.2, 0.25) is 0 Å². The van der Waals surface area contributed by atoms with Gasteiger partial charge in [-0.1, -0.05) is 35.3 Å².